The van der Waals surface area contributed by atoms with Gasteiger partial charge in [-0.25, -0.2) is 0 Å². The van der Waals surface area contributed by atoms with Gasteiger partial charge >= 0.3 is 6.18 Å². The number of ether oxygens (including phenoxy) is 1. The molecule has 0 atom stereocenters. The summed E-state index contributed by atoms with van der Waals surface area (Å²) in [6.07, 6.45) is -4.41. The Morgan fingerprint density at radius 3 is 2.58 bits per heavy atom. The minimum Gasteiger partial charge on any atom is -0.497 e. The van der Waals surface area contributed by atoms with Crippen molar-refractivity contribution < 1.29 is 22.7 Å². The van der Waals surface area contributed by atoms with Gasteiger partial charge in [0.2, 0.25) is 5.91 Å². The number of carbonyl (C=O) groups excluding carboxylic acids is 1. The van der Waals surface area contributed by atoms with Gasteiger partial charge in [0.25, 0.3) is 0 Å². The predicted molar refractivity (Wildman–Crippen MR) is 86.2 cm³/mol. The average molecular weight is 338 g/mol. The molecule has 2 aromatic carbocycles. The molecule has 0 aromatic heterocycles. The van der Waals surface area contributed by atoms with E-state index in [0.717, 1.165) is 6.07 Å². The zero-order valence-corrected chi connectivity index (χ0v) is 13.0. The summed E-state index contributed by atoms with van der Waals surface area (Å²) < 4.78 is 43.6. The topological polar surface area (TPSA) is 50.4 Å². The third-order valence-electron chi connectivity index (χ3n) is 3.25. The number of nitrogens with one attached hydrogen (secondary N) is 2. The summed E-state index contributed by atoms with van der Waals surface area (Å²) in [4.78, 5) is 11.9. The van der Waals surface area contributed by atoms with Crippen LogP contribution in [0.3, 0.4) is 0 Å². The van der Waals surface area contributed by atoms with E-state index in [4.69, 9.17) is 4.74 Å². The smallest absolute Gasteiger partial charge is 0.418 e. The van der Waals surface area contributed by atoms with Crippen molar-refractivity contribution in [3.8, 4) is 5.75 Å². The van der Waals surface area contributed by atoms with Gasteiger partial charge in [-0.2, -0.15) is 13.2 Å². The molecule has 0 unspecified atom stereocenters. The molecule has 1 amide bonds. The van der Waals surface area contributed by atoms with Gasteiger partial charge < -0.3 is 15.4 Å². The lowest BCUT2D eigenvalue weighted by atomic mass is 10.1. The van der Waals surface area contributed by atoms with Crippen LogP contribution >= 0.6 is 0 Å². The average Bonchev–Trinajstić information content (AvgIpc) is 2.54. The summed E-state index contributed by atoms with van der Waals surface area (Å²) in [5, 5.41) is 5.32. The van der Waals surface area contributed by atoms with Gasteiger partial charge in [0.1, 0.15) is 5.75 Å². The highest BCUT2D eigenvalue weighted by Crippen LogP contribution is 2.34. The molecule has 0 aliphatic rings. The number of halogens is 3. The number of carbonyl (C=O) groups is 1. The number of amides is 1. The van der Waals surface area contributed by atoms with Crippen LogP contribution in [0.1, 0.15) is 12.0 Å². The van der Waals surface area contributed by atoms with Crippen molar-refractivity contribution in [1.82, 2.24) is 0 Å². The molecule has 4 nitrogen and oxygen atoms in total. The first-order valence-electron chi connectivity index (χ1n) is 7.24. The molecule has 0 fully saturated rings. The van der Waals surface area contributed by atoms with E-state index < -0.39 is 11.7 Å². The molecule has 24 heavy (non-hydrogen) atoms. The highest BCUT2D eigenvalue weighted by molar-refractivity contribution is 5.91. The van der Waals surface area contributed by atoms with Crippen molar-refractivity contribution in [3.63, 3.8) is 0 Å². The van der Waals surface area contributed by atoms with Gasteiger partial charge in [0.15, 0.2) is 0 Å². The maximum atomic E-state index is 12.9. The molecule has 0 radical (unpaired) electrons. The number of hydrogen-bond donors (Lipinski definition) is 2. The Labute approximate surface area is 137 Å². The number of rotatable bonds is 6. The van der Waals surface area contributed by atoms with Crippen LogP contribution in [0.4, 0.5) is 24.5 Å². The second-order valence-corrected chi connectivity index (χ2v) is 5.00. The second kappa shape index (κ2) is 7.72. The van der Waals surface area contributed by atoms with E-state index in [1.165, 1.54) is 25.3 Å². The standard InChI is InChI=1S/C17H17F3N2O2/c1-24-13-6-4-5-12(11-13)22-16(23)9-10-21-15-8-3-2-7-14(15)17(18,19)20/h2-8,11,21H,9-10H2,1H3,(H,22,23). The molecule has 0 saturated carbocycles. The fourth-order valence-electron chi connectivity index (χ4n) is 2.12. The van der Waals surface area contributed by atoms with Gasteiger partial charge in [-0.05, 0) is 24.3 Å². The maximum Gasteiger partial charge on any atom is 0.418 e. The largest absolute Gasteiger partial charge is 0.497 e. The van der Waals surface area contributed by atoms with E-state index >= 15 is 0 Å². The molecule has 0 heterocycles. The Bertz CT molecular complexity index is 702. The first-order valence-corrected chi connectivity index (χ1v) is 7.24. The van der Waals surface area contributed by atoms with Crippen molar-refractivity contribution >= 4 is 17.3 Å². The molecule has 2 N–H and O–H groups in total. The Balaban J connectivity index is 1.89. The Morgan fingerprint density at radius 1 is 1.12 bits per heavy atom. The highest BCUT2D eigenvalue weighted by Gasteiger charge is 2.32. The number of anilines is 2. The molecule has 0 aliphatic heterocycles. The Hall–Kier alpha value is -2.70. The van der Waals surface area contributed by atoms with Crippen LogP contribution in [0.25, 0.3) is 0 Å². The molecule has 7 heteroatoms. The van der Waals surface area contributed by atoms with Crippen molar-refractivity contribution in [2.45, 2.75) is 12.6 Å². The lowest BCUT2D eigenvalue weighted by molar-refractivity contribution is -0.137. The molecule has 0 aliphatic carbocycles. The SMILES string of the molecule is COc1cccc(NC(=O)CCNc2ccccc2C(F)(F)F)c1. The van der Waals surface area contributed by atoms with E-state index in [0.29, 0.717) is 11.4 Å². The minimum absolute atomic E-state index is 0.0312. The van der Waals surface area contributed by atoms with Gasteiger partial charge in [-0.1, -0.05) is 18.2 Å². The van der Waals surface area contributed by atoms with Crippen LogP contribution in [0, 0.1) is 0 Å². The predicted octanol–water partition coefficient (Wildman–Crippen LogP) is 4.15. The molecule has 0 bridgehead atoms. The van der Waals surface area contributed by atoms with Crippen LogP contribution in [0.5, 0.6) is 5.75 Å². The number of para-hydroxylation sites is 1. The van der Waals surface area contributed by atoms with Crippen molar-refractivity contribution in [2.24, 2.45) is 0 Å². The number of methoxy groups -OCH3 is 1. The fourth-order valence-corrected chi connectivity index (χ4v) is 2.12. The van der Waals surface area contributed by atoms with Crippen LogP contribution in [-0.2, 0) is 11.0 Å². The van der Waals surface area contributed by atoms with Crippen LogP contribution < -0.4 is 15.4 Å². The maximum absolute atomic E-state index is 12.9. The molecular formula is C17H17F3N2O2. The molecule has 128 valence electrons. The first kappa shape index (κ1) is 17.7. The summed E-state index contributed by atoms with van der Waals surface area (Å²) in [6.45, 7) is 0.0862. The van der Waals surface area contributed by atoms with Gasteiger partial charge in [0.05, 0.1) is 12.7 Å². The summed E-state index contributed by atoms with van der Waals surface area (Å²) in [7, 11) is 1.52. The lowest BCUT2D eigenvalue weighted by Gasteiger charge is -2.14. The van der Waals surface area contributed by atoms with Crippen LogP contribution in [-0.4, -0.2) is 19.6 Å². The van der Waals surface area contributed by atoms with E-state index in [-0.39, 0.29) is 24.6 Å². The monoisotopic (exact) mass is 338 g/mol. The van der Waals surface area contributed by atoms with E-state index in [1.54, 1.807) is 24.3 Å². The first-order chi connectivity index (χ1) is 11.4. The highest BCUT2D eigenvalue weighted by atomic mass is 19.4. The molecule has 0 spiro atoms. The zero-order valence-electron chi connectivity index (χ0n) is 13.0. The van der Waals surface area contributed by atoms with Crippen molar-refractivity contribution in [2.75, 3.05) is 24.3 Å². The van der Waals surface area contributed by atoms with Crippen molar-refractivity contribution in [1.29, 1.82) is 0 Å². The number of alkyl halides is 3. The summed E-state index contributed by atoms with van der Waals surface area (Å²) in [5.41, 5.74) is -0.229. The fraction of sp³-hybridized carbons (Fsp3) is 0.235. The quantitative estimate of drug-likeness (QED) is 0.832. The zero-order chi connectivity index (χ0) is 17.6. The molecule has 2 rings (SSSR count). The van der Waals surface area contributed by atoms with Crippen LogP contribution in [0.15, 0.2) is 48.5 Å². The second-order valence-electron chi connectivity index (χ2n) is 5.00. The third-order valence-corrected chi connectivity index (χ3v) is 3.25. The Kier molecular flexibility index (Phi) is 5.68. The third kappa shape index (κ3) is 4.91. The molecular weight excluding hydrogens is 321 g/mol. The van der Waals surface area contributed by atoms with Gasteiger partial charge in [-0.15, -0.1) is 0 Å². The normalized spacial score (nSPS) is 11.0. The van der Waals surface area contributed by atoms with E-state index in [1.807, 2.05) is 0 Å². The van der Waals surface area contributed by atoms with Gasteiger partial charge in [0, 0.05) is 30.4 Å². The van der Waals surface area contributed by atoms with Crippen molar-refractivity contribution in [3.05, 3.63) is 54.1 Å². The molecule has 0 saturated heterocycles. The van der Waals surface area contributed by atoms with Crippen LogP contribution in [0.2, 0.25) is 0 Å². The lowest BCUT2D eigenvalue weighted by Crippen LogP contribution is -2.17. The summed E-state index contributed by atoms with van der Waals surface area (Å²) >= 11 is 0. The number of hydrogen-bond acceptors (Lipinski definition) is 3. The minimum atomic E-state index is -4.44. The molecule has 2 aromatic rings. The van der Waals surface area contributed by atoms with Gasteiger partial charge in [-0.3, -0.25) is 4.79 Å². The van der Waals surface area contributed by atoms with E-state index in [9.17, 15) is 18.0 Å². The summed E-state index contributed by atoms with van der Waals surface area (Å²) in [5.74, 6) is 0.297. The number of benzene rings is 2. The Morgan fingerprint density at radius 2 is 1.88 bits per heavy atom. The summed E-state index contributed by atoms with van der Waals surface area (Å²) in [6, 6.07) is 12.0. The van der Waals surface area contributed by atoms with E-state index in [2.05, 4.69) is 10.6 Å².